The lowest BCUT2D eigenvalue weighted by Gasteiger charge is -2.32. The molecule has 1 aromatic rings. The molecular formula is C14H19BClNO3. The Kier molecular flexibility index (Phi) is 4.26. The Morgan fingerprint density at radius 3 is 2.40 bits per heavy atom. The summed E-state index contributed by atoms with van der Waals surface area (Å²) in [6.45, 7) is 7.75. The van der Waals surface area contributed by atoms with E-state index < -0.39 is 18.3 Å². The Labute approximate surface area is 124 Å². The molecule has 6 heteroatoms. The highest BCUT2D eigenvalue weighted by Gasteiger charge is 2.52. The maximum Gasteiger partial charge on any atom is 0.492 e. The standard InChI is InChI=1S/C14H19BClNO3/c1-13(2)14(3,4)20-15(19-13)11(9-18)5-10-6-12(16)8-17-7-10/h5-8,18H,9H2,1-4H3. The molecule has 0 aliphatic carbocycles. The third kappa shape index (κ3) is 3.06. The van der Waals surface area contributed by atoms with Crippen LogP contribution < -0.4 is 0 Å². The van der Waals surface area contributed by atoms with Gasteiger partial charge in [-0.25, -0.2) is 0 Å². The van der Waals surface area contributed by atoms with Crippen LogP contribution in [0.5, 0.6) is 0 Å². The van der Waals surface area contributed by atoms with Gasteiger partial charge in [-0.05, 0) is 44.8 Å². The number of aliphatic hydroxyl groups is 1. The van der Waals surface area contributed by atoms with Crippen molar-refractivity contribution in [3.63, 3.8) is 0 Å². The van der Waals surface area contributed by atoms with Gasteiger partial charge in [0.15, 0.2) is 0 Å². The van der Waals surface area contributed by atoms with Gasteiger partial charge in [-0.15, -0.1) is 0 Å². The SMILES string of the molecule is CC1(C)OB(C(=Cc2cncc(Cl)c2)CO)OC1(C)C. The largest absolute Gasteiger partial charge is 0.492 e. The highest BCUT2D eigenvalue weighted by atomic mass is 35.5. The lowest BCUT2D eigenvalue weighted by Crippen LogP contribution is -2.41. The van der Waals surface area contributed by atoms with Crippen LogP contribution in [-0.4, -0.2) is 35.0 Å². The number of aliphatic hydroxyl groups excluding tert-OH is 1. The van der Waals surface area contributed by atoms with E-state index in [-0.39, 0.29) is 6.61 Å². The number of pyridine rings is 1. The van der Waals surface area contributed by atoms with Crippen molar-refractivity contribution in [1.29, 1.82) is 0 Å². The maximum atomic E-state index is 9.58. The van der Waals surface area contributed by atoms with Crippen LogP contribution in [-0.2, 0) is 9.31 Å². The van der Waals surface area contributed by atoms with Crippen LogP contribution in [0.2, 0.25) is 5.02 Å². The number of rotatable bonds is 3. The monoisotopic (exact) mass is 295 g/mol. The lowest BCUT2D eigenvalue weighted by molar-refractivity contribution is 0.00578. The molecule has 1 saturated heterocycles. The summed E-state index contributed by atoms with van der Waals surface area (Å²) in [5, 5.41) is 10.1. The Morgan fingerprint density at radius 1 is 1.30 bits per heavy atom. The Balaban J connectivity index is 2.26. The predicted molar refractivity (Wildman–Crippen MR) is 80.4 cm³/mol. The van der Waals surface area contributed by atoms with Gasteiger partial charge in [-0.1, -0.05) is 17.7 Å². The Hall–Kier alpha value is -0.875. The molecule has 2 rings (SSSR count). The summed E-state index contributed by atoms with van der Waals surface area (Å²) in [7, 11) is -0.566. The van der Waals surface area contributed by atoms with Gasteiger partial charge in [0, 0.05) is 12.4 Å². The van der Waals surface area contributed by atoms with Gasteiger partial charge < -0.3 is 14.4 Å². The lowest BCUT2D eigenvalue weighted by atomic mass is 9.77. The zero-order valence-corrected chi connectivity index (χ0v) is 12.9. The third-order valence-corrected chi connectivity index (χ3v) is 4.02. The second-order valence-corrected chi connectivity index (χ2v) is 6.34. The molecular weight excluding hydrogens is 276 g/mol. The molecule has 0 aromatic carbocycles. The zero-order valence-electron chi connectivity index (χ0n) is 12.2. The van der Waals surface area contributed by atoms with Crippen molar-refractivity contribution >= 4 is 24.8 Å². The smallest absolute Gasteiger partial charge is 0.400 e. The second-order valence-electron chi connectivity index (χ2n) is 5.90. The first kappa shape index (κ1) is 15.5. The van der Waals surface area contributed by atoms with Crippen LogP contribution in [0.25, 0.3) is 6.08 Å². The number of aromatic nitrogens is 1. The maximum absolute atomic E-state index is 9.58. The quantitative estimate of drug-likeness (QED) is 0.871. The number of hydrogen-bond donors (Lipinski definition) is 1. The van der Waals surface area contributed by atoms with Gasteiger partial charge in [-0.2, -0.15) is 0 Å². The minimum atomic E-state index is -0.566. The van der Waals surface area contributed by atoms with Crippen LogP contribution >= 0.6 is 11.6 Å². The molecule has 0 saturated carbocycles. The molecule has 0 amide bonds. The van der Waals surface area contributed by atoms with Crippen molar-refractivity contribution < 1.29 is 14.4 Å². The Bertz CT molecular complexity index is 515. The fourth-order valence-corrected chi connectivity index (χ4v) is 2.09. The first-order chi connectivity index (χ1) is 9.25. The van der Waals surface area contributed by atoms with E-state index in [0.717, 1.165) is 5.56 Å². The van der Waals surface area contributed by atoms with Crippen LogP contribution in [0, 0.1) is 0 Å². The van der Waals surface area contributed by atoms with Crippen LogP contribution in [0.3, 0.4) is 0 Å². The molecule has 20 heavy (non-hydrogen) atoms. The summed E-state index contributed by atoms with van der Waals surface area (Å²) in [6, 6.07) is 1.77. The fraction of sp³-hybridized carbons (Fsp3) is 0.500. The summed E-state index contributed by atoms with van der Waals surface area (Å²) >= 11 is 5.91. The van der Waals surface area contributed by atoms with E-state index >= 15 is 0 Å². The third-order valence-electron chi connectivity index (χ3n) is 3.82. The van der Waals surface area contributed by atoms with E-state index in [1.165, 1.54) is 0 Å². The molecule has 4 nitrogen and oxygen atoms in total. The number of halogens is 1. The minimum Gasteiger partial charge on any atom is -0.400 e. The molecule has 2 heterocycles. The summed E-state index contributed by atoms with van der Waals surface area (Å²) in [5.41, 5.74) is 0.584. The normalized spacial score (nSPS) is 21.3. The van der Waals surface area contributed by atoms with E-state index in [9.17, 15) is 5.11 Å². The van der Waals surface area contributed by atoms with E-state index in [4.69, 9.17) is 20.9 Å². The first-order valence-corrected chi connectivity index (χ1v) is 6.90. The highest BCUT2D eigenvalue weighted by Crippen LogP contribution is 2.38. The average molecular weight is 296 g/mol. The number of hydrogen-bond acceptors (Lipinski definition) is 4. The van der Waals surface area contributed by atoms with Crippen molar-refractivity contribution in [3.8, 4) is 0 Å². The van der Waals surface area contributed by atoms with Crippen LogP contribution in [0.15, 0.2) is 23.9 Å². The van der Waals surface area contributed by atoms with E-state index in [2.05, 4.69) is 4.98 Å². The van der Waals surface area contributed by atoms with Crippen molar-refractivity contribution in [2.24, 2.45) is 0 Å². The minimum absolute atomic E-state index is 0.149. The molecule has 0 spiro atoms. The van der Waals surface area contributed by atoms with E-state index in [1.54, 1.807) is 24.5 Å². The van der Waals surface area contributed by atoms with Gasteiger partial charge >= 0.3 is 7.12 Å². The van der Waals surface area contributed by atoms with Crippen LogP contribution in [0.1, 0.15) is 33.3 Å². The fourth-order valence-electron chi connectivity index (χ4n) is 1.90. The molecule has 0 bridgehead atoms. The van der Waals surface area contributed by atoms with Gasteiger partial charge in [-0.3, -0.25) is 4.98 Å². The summed E-state index contributed by atoms with van der Waals surface area (Å²) in [5.74, 6) is 0. The molecule has 0 unspecified atom stereocenters. The molecule has 1 aromatic heterocycles. The van der Waals surface area contributed by atoms with Gasteiger partial charge in [0.25, 0.3) is 0 Å². The van der Waals surface area contributed by atoms with Crippen molar-refractivity contribution in [3.05, 3.63) is 34.5 Å². The summed E-state index contributed by atoms with van der Waals surface area (Å²) in [6.07, 6.45) is 5.03. The van der Waals surface area contributed by atoms with Crippen molar-refractivity contribution in [2.75, 3.05) is 6.61 Å². The molecule has 1 aliphatic heterocycles. The first-order valence-electron chi connectivity index (χ1n) is 6.53. The predicted octanol–water partition coefficient (Wildman–Crippen LogP) is 2.74. The second kappa shape index (κ2) is 5.49. The molecule has 0 radical (unpaired) electrons. The van der Waals surface area contributed by atoms with Gasteiger partial charge in [0.05, 0.1) is 22.8 Å². The summed E-state index contributed by atoms with van der Waals surface area (Å²) in [4.78, 5) is 4.02. The molecule has 108 valence electrons. The van der Waals surface area contributed by atoms with E-state index in [1.807, 2.05) is 27.7 Å². The Morgan fingerprint density at radius 2 is 1.90 bits per heavy atom. The zero-order chi connectivity index (χ0) is 15.0. The molecule has 1 N–H and O–H groups in total. The van der Waals surface area contributed by atoms with Crippen LogP contribution in [0.4, 0.5) is 0 Å². The van der Waals surface area contributed by atoms with Crippen molar-refractivity contribution in [2.45, 2.75) is 38.9 Å². The summed E-state index contributed by atoms with van der Waals surface area (Å²) < 4.78 is 11.8. The number of nitrogens with zero attached hydrogens (tertiary/aromatic N) is 1. The van der Waals surface area contributed by atoms with E-state index in [0.29, 0.717) is 10.5 Å². The van der Waals surface area contributed by atoms with Gasteiger partial charge in [0.1, 0.15) is 0 Å². The molecule has 0 atom stereocenters. The van der Waals surface area contributed by atoms with Gasteiger partial charge in [0.2, 0.25) is 0 Å². The van der Waals surface area contributed by atoms with Crippen molar-refractivity contribution in [1.82, 2.24) is 4.98 Å². The molecule has 1 aliphatic rings. The topological polar surface area (TPSA) is 51.6 Å². The highest BCUT2D eigenvalue weighted by molar-refractivity contribution is 6.55. The molecule has 1 fully saturated rings. The average Bonchev–Trinajstić information content (AvgIpc) is 2.55.